The van der Waals surface area contributed by atoms with E-state index in [2.05, 4.69) is 0 Å². The van der Waals surface area contributed by atoms with Crippen LogP contribution in [0.1, 0.15) is 23.2 Å². The Balaban J connectivity index is 1.92. The number of nitrogens with zero attached hydrogens (tertiary/aromatic N) is 1. The Hall–Kier alpha value is -2.08. The molecule has 2 rings (SSSR count). The zero-order valence-corrected chi connectivity index (χ0v) is 11.8. The molecule has 6 heteroatoms. The van der Waals surface area contributed by atoms with Crippen molar-refractivity contribution in [3.63, 3.8) is 0 Å². The van der Waals surface area contributed by atoms with Gasteiger partial charge in [0, 0.05) is 25.3 Å². The molecular formula is C15H20N2O4. The van der Waals surface area contributed by atoms with Crippen LogP contribution in [0.2, 0.25) is 0 Å². The number of rotatable bonds is 6. The van der Waals surface area contributed by atoms with E-state index in [0.29, 0.717) is 23.8 Å². The number of nitrogens with two attached hydrogens (primary N) is 1. The second kappa shape index (κ2) is 7.08. The van der Waals surface area contributed by atoms with Crippen LogP contribution in [0.4, 0.5) is 0 Å². The minimum absolute atomic E-state index is 0.0168. The van der Waals surface area contributed by atoms with Crippen LogP contribution in [-0.4, -0.2) is 48.1 Å². The average Bonchev–Trinajstić information content (AvgIpc) is 2.94. The van der Waals surface area contributed by atoms with Crippen LogP contribution in [0.15, 0.2) is 24.3 Å². The van der Waals surface area contributed by atoms with Gasteiger partial charge < -0.3 is 20.5 Å². The lowest BCUT2D eigenvalue weighted by molar-refractivity contribution is -0.119. The molecule has 1 fully saturated rings. The van der Waals surface area contributed by atoms with Crippen LogP contribution in [0, 0.1) is 5.92 Å². The molecule has 1 heterocycles. The SMILES string of the molecule is NC(=O)COc1ccc(C(=O)N2CCC(CCO)C2)cc1. The topological polar surface area (TPSA) is 92.9 Å². The molecule has 0 radical (unpaired) electrons. The summed E-state index contributed by atoms with van der Waals surface area (Å²) in [6, 6.07) is 6.66. The third kappa shape index (κ3) is 4.19. The van der Waals surface area contributed by atoms with E-state index in [9.17, 15) is 9.59 Å². The van der Waals surface area contributed by atoms with Crippen molar-refractivity contribution >= 4 is 11.8 Å². The van der Waals surface area contributed by atoms with Crippen LogP contribution in [-0.2, 0) is 4.79 Å². The van der Waals surface area contributed by atoms with Crippen molar-refractivity contribution in [1.82, 2.24) is 4.90 Å². The summed E-state index contributed by atoms with van der Waals surface area (Å²) in [6.45, 7) is 1.41. The summed E-state index contributed by atoms with van der Waals surface area (Å²) >= 11 is 0. The normalized spacial score (nSPS) is 17.8. The zero-order valence-electron chi connectivity index (χ0n) is 11.8. The first-order valence-electron chi connectivity index (χ1n) is 7.01. The van der Waals surface area contributed by atoms with Crippen LogP contribution in [0.25, 0.3) is 0 Å². The highest BCUT2D eigenvalue weighted by molar-refractivity contribution is 5.94. The van der Waals surface area contributed by atoms with Gasteiger partial charge in [0.2, 0.25) is 0 Å². The Bertz CT molecular complexity index is 501. The van der Waals surface area contributed by atoms with Crippen LogP contribution in [0.3, 0.4) is 0 Å². The molecule has 0 saturated carbocycles. The van der Waals surface area contributed by atoms with Gasteiger partial charge in [-0.1, -0.05) is 0 Å². The maximum atomic E-state index is 12.3. The predicted molar refractivity (Wildman–Crippen MR) is 76.8 cm³/mol. The van der Waals surface area contributed by atoms with Gasteiger partial charge in [-0.15, -0.1) is 0 Å². The van der Waals surface area contributed by atoms with Gasteiger partial charge >= 0.3 is 0 Å². The second-order valence-electron chi connectivity index (χ2n) is 5.20. The molecule has 1 atom stereocenters. The van der Waals surface area contributed by atoms with Gasteiger partial charge in [0.25, 0.3) is 11.8 Å². The summed E-state index contributed by atoms with van der Waals surface area (Å²) in [5.74, 6) is 0.334. The number of benzene rings is 1. The number of carbonyl (C=O) groups excluding carboxylic acids is 2. The minimum atomic E-state index is -0.540. The summed E-state index contributed by atoms with van der Waals surface area (Å²) in [4.78, 5) is 24.8. The van der Waals surface area contributed by atoms with Crippen LogP contribution < -0.4 is 10.5 Å². The van der Waals surface area contributed by atoms with Crippen LogP contribution >= 0.6 is 0 Å². The Morgan fingerprint density at radius 2 is 2.05 bits per heavy atom. The molecule has 2 amide bonds. The molecule has 1 aromatic carbocycles. The van der Waals surface area contributed by atoms with Crippen LogP contribution in [0.5, 0.6) is 5.75 Å². The lowest BCUT2D eigenvalue weighted by Gasteiger charge is -2.16. The van der Waals surface area contributed by atoms with Gasteiger partial charge in [0.1, 0.15) is 5.75 Å². The summed E-state index contributed by atoms with van der Waals surface area (Å²) in [5.41, 5.74) is 5.59. The van der Waals surface area contributed by atoms with Gasteiger partial charge in [0.05, 0.1) is 0 Å². The molecule has 21 heavy (non-hydrogen) atoms. The monoisotopic (exact) mass is 292 g/mol. The number of primary amides is 1. The highest BCUT2D eigenvalue weighted by atomic mass is 16.5. The standard InChI is InChI=1S/C15H20N2O4/c16-14(19)10-21-13-3-1-12(2-4-13)15(20)17-7-5-11(9-17)6-8-18/h1-4,11,18H,5-10H2,(H2,16,19). The number of ether oxygens (including phenoxy) is 1. The molecule has 6 nitrogen and oxygen atoms in total. The number of aliphatic hydroxyl groups excluding tert-OH is 1. The fourth-order valence-electron chi connectivity index (χ4n) is 2.47. The summed E-state index contributed by atoms with van der Waals surface area (Å²) in [6.07, 6.45) is 1.68. The number of aliphatic hydroxyl groups is 1. The van der Waals surface area contributed by atoms with E-state index in [-0.39, 0.29) is 19.1 Å². The van der Waals surface area contributed by atoms with Gasteiger partial charge in [-0.25, -0.2) is 0 Å². The van der Waals surface area contributed by atoms with Crippen molar-refractivity contribution in [2.75, 3.05) is 26.3 Å². The number of hydrogen-bond donors (Lipinski definition) is 2. The Morgan fingerprint density at radius 3 is 2.67 bits per heavy atom. The lowest BCUT2D eigenvalue weighted by atomic mass is 10.1. The maximum absolute atomic E-state index is 12.3. The Morgan fingerprint density at radius 1 is 1.33 bits per heavy atom. The fourth-order valence-corrected chi connectivity index (χ4v) is 2.47. The largest absolute Gasteiger partial charge is 0.484 e. The van der Waals surface area contributed by atoms with E-state index in [1.165, 1.54) is 0 Å². The maximum Gasteiger partial charge on any atom is 0.255 e. The molecule has 0 bridgehead atoms. The number of likely N-dealkylation sites (tertiary alicyclic amines) is 1. The number of amides is 2. The van der Waals surface area contributed by atoms with Crippen molar-refractivity contribution < 1.29 is 19.4 Å². The molecule has 114 valence electrons. The van der Waals surface area contributed by atoms with E-state index >= 15 is 0 Å². The van der Waals surface area contributed by atoms with Gasteiger partial charge in [-0.2, -0.15) is 0 Å². The summed E-state index contributed by atoms with van der Waals surface area (Å²) in [7, 11) is 0. The first-order valence-corrected chi connectivity index (χ1v) is 7.01. The molecule has 0 spiro atoms. The zero-order chi connectivity index (χ0) is 15.2. The van der Waals surface area contributed by atoms with Gasteiger partial charge in [0.15, 0.2) is 6.61 Å². The minimum Gasteiger partial charge on any atom is -0.484 e. The molecule has 1 aromatic rings. The number of carbonyl (C=O) groups is 2. The smallest absolute Gasteiger partial charge is 0.255 e. The quantitative estimate of drug-likeness (QED) is 0.793. The summed E-state index contributed by atoms with van der Waals surface area (Å²) in [5, 5.41) is 8.94. The van der Waals surface area contributed by atoms with Crippen molar-refractivity contribution in [1.29, 1.82) is 0 Å². The van der Waals surface area contributed by atoms with Gasteiger partial charge in [-0.3, -0.25) is 9.59 Å². The highest BCUT2D eigenvalue weighted by Gasteiger charge is 2.26. The van der Waals surface area contributed by atoms with E-state index < -0.39 is 5.91 Å². The van der Waals surface area contributed by atoms with Crippen molar-refractivity contribution in [3.8, 4) is 5.75 Å². The fraction of sp³-hybridized carbons (Fsp3) is 0.467. The van der Waals surface area contributed by atoms with E-state index in [1.807, 2.05) is 0 Å². The van der Waals surface area contributed by atoms with Crippen molar-refractivity contribution in [2.45, 2.75) is 12.8 Å². The van der Waals surface area contributed by atoms with Crippen molar-refractivity contribution in [3.05, 3.63) is 29.8 Å². The molecule has 0 aromatic heterocycles. The van der Waals surface area contributed by atoms with E-state index in [1.54, 1.807) is 29.2 Å². The molecule has 1 aliphatic heterocycles. The third-order valence-corrected chi connectivity index (χ3v) is 3.59. The highest BCUT2D eigenvalue weighted by Crippen LogP contribution is 2.22. The van der Waals surface area contributed by atoms with Crippen molar-refractivity contribution in [2.24, 2.45) is 11.7 Å². The third-order valence-electron chi connectivity index (χ3n) is 3.59. The van der Waals surface area contributed by atoms with E-state index in [4.69, 9.17) is 15.6 Å². The average molecular weight is 292 g/mol. The molecule has 0 aliphatic carbocycles. The predicted octanol–water partition coefficient (Wildman–Crippen LogP) is 0.395. The molecule has 3 N–H and O–H groups in total. The lowest BCUT2D eigenvalue weighted by Crippen LogP contribution is -2.28. The molecule has 1 unspecified atom stereocenters. The molecule has 1 saturated heterocycles. The second-order valence-corrected chi connectivity index (χ2v) is 5.20. The summed E-state index contributed by atoms with van der Waals surface area (Å²) < 4.78 is 5.15. The molecule has 1 aliphatic rings. The Kier molecular flexibility index (Phi) is 5.16. The van der Waals surface area contributed by atoms with E-state index in [0.717, 1.165) is 19.4 Å². The number of hydrogen-bond acceptors (Lipinski definition) is 4. The molecular weight excluding hydrogens is 272 g/mol. The first-order chi connectivity index (χ1) is 10.1. The first kappa shape index (κ1) is 15.3. The Labute approximate surface area is 123 Å². The van der Waals surface area contributed by atoms with Gasteiger partial charge in [-0.05, 0) is 43.0 Å².